The normalized spacial score (nSPS) is 12.1. The van der Waals surface area contributed by atoms with E-state index in [-0.39, 0.29) is 0 Å². The van der Waals surface area contributed by atoms with Crippen molar-refractivity contribution in [1.82, 2.24) is 29.7 Å². The van der Waals surface area contributed by atoms with Crippen molar-refractivity contribution < 1.29 is 0 Å². The van der Waals surface area contributed by atoms with Crippen molar-refractivity contribution in [2.75, 3.05) is 0 Å². The van der Waals surface area contributed by atoms with Crippen LogP contribution in [-0.4, -0.2) is 29.7 Å². The summed E-state index contributed by atoms with van der Waals surface area (Å²) in [5.41, 5.74) is 5.86. The van der Waals surface area contributed by atoms with Crippen molar-refractivity contribution in [3.8, 4) is 0 Å². The van der Waals surface area contributed by atoms with E-state index in [1.165, 1.54) is 0 Å². The molecule has 0 fully saturated rings. The van der Waals surface area contributed by atoms with Crippen LogP contribution >= 0.6 is 0 Å². The van der Waals surface area contributed by atoms with Gasteiger partial charge in [0, 0.05) is 10.8 Å². The fourth-order valence-corrected chi connectivity index (χ4v) is 3.10. The van der Waals surface area contributed by atoms with Gasteiger partial charge in [-0.3, -0.25) is 0 Å². The van der Waals surface area contributed by atoms with Crippen LogP contribution in [0.4, 0.5) is 0 Å². The number of aromatic nitrogens is 6. The first-order valence-electron chi connectivity index (χ1n) is 7.12. The minimum Gasteiger partial charge on any atom is -0.210 e. The van der Waals surface area contributed by atoms with Crippen LogP contribution in [0.25, 0.3) is 32.8 Å². The quantitative estimate of drug-likeness (QED) is 0.411. The first-order chi connectivity index (χ1) is 10.7. The topological polar surface area (TPSA) is 60.4 Å². The summed E-state index contributed by atoms with van der Waals surface area (Å²) < 4.78 is 3.78. The van der Waals surface area contributed by atoms with Crippen LogP contribution in [0.3, 0.4) is 0 Å². The van der Waals surface area contributed by atoms with Gasteiger partial charge in [0.15, 0.2) is 0 Å². The predicted octanol–water partition coefficient (Wildman–Crippen LogP) is 2.70. The summed E-state index contributed by atoms with van der Waals surface area (Å²) in [5, 5.41) is 19.2. The molecule has 0 atom stereocenters. The van der Waals surface area contributed by atoms with Crippen LogP contribution in [0.15, 0.2) is 36.4 Å². The summed E-state index contributed by atoms with van der Waals surface area (Å²) in [7, 11) is 0. The van der Waals surface area contributed by atoms with Gasteiger partial charge in [0.2, 0.25) is 0 Å². The summed E-state index contributed by atoms with van der Waals surface area (Å²) in [6, 6.07) is 12.5. The van der Waals surface area contributed by atoms with Crippen molar-refractivity contribution in [3.05, 3.63) is 47.8 Å². The Bertz CT molecular complexity index is 1100. The van der Waals surface area contributed by atoms with Crippen molar-refractivity contribution in [2.45, 2.75) is 13.8 Å². The Kier molecular flexibility index (Phi) is 2.00. The second kappa shape index (κ2) is 3.79. The molecule has 0 amide bonds. The zero-order chi connectivity index (χ0) is 14.8. The Morgan fingerprint density at radius 1 is 0.636 bits per heavy atom. The van der Waals surface area contributed by atoms with Crippen LogP contribution in [0.2, 0.25) is 0 Å². The molecule has 0 aliphatic rings. The molecule has 6 nitrogen and oxygen atoms in total. The number of nitrogens with zero attached hydrogens (tertiary/aromatic N) is 6. The molecular weight excluding hydrogens is 276 g/mol. The molecule has 5 rings (SSSR count). The van der Waals surface area contributed by atoms with E-state index in [0.717, 1.165) is 44.2 Å². The molecule has 4 heterocycles. The van der Waals surface area contributed by atoms with Crippen molar-refractivity contribution in [3.63, 3.8) is 0 Å². The van der Waals surface area contributed by atoms with E-state index in [2.05, 4.69) is 57.0 Å². The molecule has 0 aliphatic heterocycles. The Morgan fingerprint density at radius 2 is 1.05 bits per heavy atom. The van der Waals surface area contributed by atoms with Crippen LogP contribution in [0.1, 0.15) is 11.4 Å². The van der Waals surface area contributed by atoms with Gasteiger partial charge in [0.05, 0.1) is 22.4 Å². The van der Waals surface area contributed by atoms with E-state index in [0.29, 0.717) is 0 Å². The molecule has 0 saturated heterocycles. The average Bonchev–Trinajstić information content (AvgIpc) is 3.10. The number of pyridine rings is 2. The zero-order valence-electron chi connectivity index (χ0n) is 12.1. The number of rotatable bonds is 0. The first kappa shape index (κ1) is 11.6. The molecule has 0 radical (unpaired) electrons. The molecule has 0 saturated carbocycles. The van der Waals surface area contributed by atoms with E-state index in [1.54, 1.807) is 0 Å². The monoisotopic (exact) mass is 288 g/mol. The van der Waals surface area contributed by atoms with Crippen LogP contribution in [-0.2, 0) is 0 Å². The van der Waals surface area contributed by atoms with Gasteiger partial charge >= 0.3 is 0 Å². The van der Waals surface area contributed by atoms with E-state index in [9.17, 15) is 0 Å². The average molecular weight is 288 g/mol. The summed E-state index contributed by atoms with van der Waals surface area (Å²) in [6.07, 6.45) is 0. The molecule has 1 aromatic carbocycles. The number of hydrogen-bond acceptors (Lipinski definition) is 4. The zero-order valence-corrected chi connectivity index (χ0v) is 12.1. The maximum atomic E-state index is 4.32. The Balaban J connectivity index is 2.18. The third kappa shape index (κ3) is 1.29. The molecule has 0 unspecified atom stereocenters. The van der Waals surface area contributed by atoms with Crippen molar-refractivity contribution in [1.29, 1.82) is 0 Å². The third-order valence-corrected chi connectivity index (χ3v) is 4.24. The van der Waals surface area contributed by atoms with Gasteiger partial charge in [-0.05, 0) is 26.0 Å². The summed E-state index contributed by atoms with van der Waals surface area (Å²) >= 11 is 0. The van der Waals surface area contributed by atoms with Gasteiger partial charge in [0.1, 0.15) is 11.0 Å². The largest absolute Gasteiger partial charge is 0.210 e. The Hall–Kier alpha value is -3.02. The molecule has 0 aliphatic carbocycles. The fourth-order valence-electron chi connectivity index (χ4n) is 3.10. The van der Waals surface area contributed by atoms with Crippen molar-refractivity contribution in [2.24, 2.45) is 0 Å². The van der Waals surface area contributed by atoms with Gasteiger partial charge in [-0.2, -0.15) is 0 Å². The second-order valence-corrected chi connectivity index (χ2v) is 5.55. The molecule has 106 valence electrons. The number of fused-ring (bicyclic) bond motifs is 7. The van der Waals surface area contributed by atoms with E-state index in [4.69, 9.17) is 0 Å². The highest BCUT2D eigenvalue weighted by Gasteiger charge is 2.13. The lowest BCUT2D eigenvalue weighted by atomic mass is 10.1. The number of benzene rings is 1. The van der Waals surface area contributed by atoms with Gasteiger partial charge in [-0.15, -0.1) is 10.2 Å². The highest BCUT2D eigenvalue weighted by molar-refractivity contribution is 6.05. The smallest absolute Gasteiger partial charge is 0.101 e. The van der Waals surface area contributed by atoms with Gasteiger partial charge in [0.25, 0.3) is 0 Å². The van der Waals surface area contributed by atoms with Crippen molar-refractivity contribution >= 4 is 32.8 Å². The molecule has 0 N–H and O–H groups in total. The van der Waals surface area contributed by atoms with E-state index < -0.39 is 0 Å². The Morgan fingerprint density at radius 3 is 1.50 bits per heavy atom. The molecule has 4 aromatic heterocycles. The number of hydrogen-bond donors (Lipinski definition) is 0. The molecule has 0 spiro atoms. The lowest BCUT2D eigenvalue weighted by molar-refractivity contribution is 0.859. The van der Waals surface area contributed by atoms with Gasteiger partial charge in [-0.1, -0.05) is 34.7 Å². The molecule has 22 heavy (non-hydrogen) atoms. The highest BCUT2D eigenvalue weighted by atomic mass is 15.4. The highest BCUT2D eigenvalue weighted by Crippen LogP contribution is 2.27. The third-order valence-electron chi connectivity index (χ3n) is 4.24. The summed E-state index contributed by atoms with van der Waals surface area (Å²) in [5.74, 6) is 0. The predicted molar refractivity (Wildman–Crippen MR) is 84.0 cm³/mol. The number of aryl methyl sites for hydroxylation is 2. The van der Waals surface area contributed by atoms with Gasteiger partial charge in [-0.25, -0.2) is 9.03 Å². The minimum absolute atomic E-state index is 0.917. The van der Waals surface area contributed by atoms with E-state index in [1.807, 2.05) is 22.9 Å². The maximum absolute atomic E-state index is 4.32. The first-order valence-corrected chi connectivity index (χ1v) is 7.12. The minimum atomic E-state index is 0.917. The summed E-state index contributed by atoms with van der Waals surface area (Å²) in [4.78, 5) is 0. The molecule has 0 bridgehead atoms. The Labute approximate surface area is 125 Å². The standard InChI is InChI=1S/C16H12N6/c1-9-13-7-5-11-3-4-12-6-8-14-10(2)18-20-22(14)16(12)15(11)21(13)19-17-9/h3-8H,1-2H3. The SMILES string of the molecule is Cc1nnn2c1ccc1ccc3ccc4c(C)nnn4c3c12. The van der Waals surface area contributed by atoms with E-state index >= 15 is 0 Å². The van der Waals surface area contributed by atoms with Crippen LogP contribution in [0.5, 0.6) is 0 Å². The van der Waals surface area contributed by atoms with Crippen LogP contribution in [0, 0.1) is 13.8 Å². The molecule has 5 aromatic rings. The molecular formula is C16H12N6. The fraction of sp³-hybridized carbons (Fsp3) is 0.125. The lowest BCUT2D eigenvalue weighted by Gasteiger charge is -2.07. The second-order valence-electron chi connectivity index (χ2n) is 5.55. The summed E-state index contributed by atoms with van der Waals surface area (Å²) in [6.45, 7) is 3.93. The maximum Gasteiger partial charge on any atom is 0.101 e. The molecule has 6 heteroatoms. The van der Waals surface area contributed by atoms with Crippen LogP contribution < -0.4 is 0 Å². The lowest BCUT2D eigenvalue weighted by Crippen LogP contribution is -1.97. The van der Waals surface area contributed by atoms with Gasteiger partial charge < -0.3 is 0 Å².